The lowest BCUT2D eigenvalue weighted by atomic mass is 10.0. The SMILES string of the molecule is N#CC(O)C(N)Cc1ccccc1. The second-order valence-corrected chi connectivity index (χ2v) is 2.93. The highest BCUT2D eigenvalue weighted by molar-refractivity contribution is 5.16. The molecule has 68 valence electrons. The van der Waals surface area contributed by atoms with E-state index in [9.17, 15) is 0 Å². The molecule has 1 aromatic carbocycles. The topological polar surface area (TPSA) is 70.0 Å². The molecule has 3 nitrogen and oxygen atoms in total. The third kappa shape index (κ3) is 2.86. The zero-order valence-corrected chi connectivity index (χ0v) is 7.22. The Hall–Kier alpha value is -1.37. The van der Waals surface area contributed by atoms with Gasteiger partial charge in [0, 0.05) is 6.04 Å². The van der Waals surface area contributed by atoms with Gasteiger partial charge in [-0.15, -0.1) is 0 Å². The van der Waals surface area contributed by atoms with Crippen molar-refractivity contribution in [3.63, 3.8) is 0 Å². The van der Waals surface area contributed by atoms with Crippen LogP contribution >= 0.6 is 0 Å². The molecule has 2 atom stereocenters. The lowest BCUT2D eigenvalue weighted by Gasteiger charge is -2.11. The van der Waals surface area contributed by atoms with Gasteiger partial charge in [-0.25, -0.2) is 0 Å². The van der Waals surface area contributed by atoms with E-state index in [0.717, 1.165) is 5.56 Å². The van der Waals surface area contributed by atoms with Crippen LogP contribution in [0.1, 0.15) is 5.56 Å². The minimum absolute atomic E-state index is 0.507. The van der Waals surface area contributed by atoms with E-state index in [0.29, 0.717) is 6.42 Å². The molecule has 0 heterocycles. The van der Waals surface area contributed by atoms with Crippen molar-refractivity contribution in [3.8, 4) is 6.07 Å². The fourth-order valence-electron chi connectivity index (χ4n) is 1.09. The summed E-state index contributed by atoms with van der Waals surface area (Å²) in [6.07, 6.45) is -0.560. The first-order valence-corrected chi connectivity index (χ1v) is 4.11. The van der Waals surface area contributed by atoms with E-state index in [-0.39, 0.29) is 0 Å². The number of rotatable bonds is 3. The maximum Gasteiger partial charge on any atom is 0.155 e. The summed E-state index contributed by atoms with van der Waals surface area (Å²) in [5.74, 6) is 0. The summed E-state index contributed by atoms with van der Waals surface area (Å²) in [5.41, 5.74) is 6.62. The van der Waals surface area contributed by atoms with Crippen molar-refractivity contribution in [2.24, 2.45) is 5.73 Å². The smallest absolute Gasteiger partial charge is 0.155 e. The Balaban J connectivity index is 2.56. The van der Waals surface area contributed by atoms with Gasteiger partial charge in [0.1, 0.15) is 0 Å². The van der Waals surface area contributed by atoms with Crippen molar-refractivity contribution in [2.45, 2.75) is 18.6 Å². The number of nitrogens with two attached hydrogens (primary N) is 1. The summed E-state index contributed by atoms with van der Waals surface area (Å²) in [4.78, 5) is 0. The second-order valence-electron chi connectivity index (χ2n) is 2.93. The maximum absolute atomic E-state index is 9.10. The van der Waals surface area contributed by atoms with Crippen LogP contribution in [0, 0.1) is 11.3 Å². The summed E-state index contributed by atoms with van der Waals surface area (Å²) >= 11 is 0. The van der Waals surface area contributed by atoms with Gasteiger partial charge >= 0.3 is 0 Å². The molecular weight excluding hydrogens is 164 g/mol. The van der Waals surface area contributed by atoms with E-state index in [4.69, 9.17) is 16.1 Å². The van der Waals surface area contributed by atoms with Gasteiger partial charge < -0.3 is 10.8 Å². The van der Waals surface area contributed by atoms with Crippen LogP contribution < -0.4 is 5.73 Å². The third-order valence-corrected chi connectivity index (χ3v) is 1.85. The van der Waals surface area contributed by atoms with Gasteiger partial charge in [0.15, 0.2) is 6.10 Å². The van der Waals surface area contributed by atoms with Crippen molar-refractivity contribution in [3.05, 3.63) is 35.9 Å². The second kappa shape index (κ2) is 4.61. The molecule has 3 heteroatoms. The van der Waals surface area contributed by atoms with Gasteiger partial charge in [-0.1, -0.05) is 30.3 Å². The number of aliphatic hydroxyl groups is 1. The molecule has 0 radical (unpaired) electrons. The Morgan fingerprint density at radius 3 is 2.54 bits per heavy atom. The first-order chi connectivity index (χ1) is 6.24. The number of nitrogens with zero attached hydrogens (tertiary/aromatic N) is 1. The molecule has 0 spiro atoms. The molecule has 1 rings (SSSR count). The molecule has 0 bridgehead atoms. The van der Waals surface area contributed by atoms with Crippen LogP contribution in [0.25, 0.3) is 0 Å². The zero-order chi connectivity index (χ0) is 9.68. The Morgan fingerprint density at radius 1 is 1.38 bits per heavy atom. The van der Waals surface area contributed by atoms with E-state index >= 15 is 0 Å². The minimum atomic E-state index is -1.08. The van der Waals surface area contributed by atoms with Crippen molar-refractivity contribution in [1.29, 1.82) is 5.26 Å². The van der Waals surface area contributed by atoms with E-state index in [2.05, 4.69) is 0 Å². The third-order valence-electron chi connectivity index (χ3n) is 1.85. The number of aliphatic hydroxyl groups excluding tert-OH is 1. The number of benzene rings is 1. The van der Waals surface area contributed by atoms with Gasteiger partial charge in [0.05, 0.1) is 6.07 Å². The van der Waals surface area contributed by atoms with Crippen LogP contribution in [-0.2, 0) is 6.42 Å². The molecule has 1 aromatic rings. The van der Waals surface area contributed by atoms with Crippen LogP contribution in [0.2, 0.25) is 0 Å². The van der Waals surface area contributed by atoms with E-state index in [1.54, 1.807) is 6.07 Å². The van der Waals surface area contributed by atoms with E-state index < -0.39 is 12.1 Å². The number of hydrogen-bond donors (Lipinski definition) is 2. The predicted octanol–water partition coefficient (Wildman–Crippen LogP) is 0.441. The molecule has 0 aromatic heterocycles. The van der Waals surface area contributed by atoms with Gasteiger partial charge in [-0.05, 0) is 12.0 Å². The van der Waals surface area contributed by atoms with Gasteiger partial charge in [0.2, 0.25) is 0 Å². The van der Waals surface area contributed by atoms with Crippen molar-refractivity contribution in [2.75, 3.05) is 0 Å². The lowest BCUT2D eigenvalue weighted by Crippen LogP contribution is -2.35. The summed E-state index contributed by atoms with van der Waals surface area (Å²) in [7, 11) is 0. The highest BCUT2D eigenvalue weighted by Crippen LogP contribution is 2.03. The molecule has 0 aliphatic carbocycles. The van der Waals surface area contributed by atoms with E-state index in [1.165, 1.54) is 0 Å². The highest BCUT2D eigenvalue weighted by atomic mass is 16.3. The Morgan fingerprint density at radius 2 is 2.00 bits per heavy atom. The molecule has 13 heavy (non-hydrogen) atoms. The monoisotopic (exact) mass is 176 g/mol. The van der Waals surface area contributed by atoms with Crippen molar-refractivity contribution >= 4 is 0 Å². The molecule has 0 aliphatic rings. The van der Waals surface area contributed by atoms with Crippen molar-refractivity contribution < 1.29 is 5.11 Å². The van der Waals surface area contributed by atoms with Gasteiger partial charge in [0.25, 0.3) is 0 Å². The van der Waals surface area contributed by atoms with Crippen LogP contribution in [0.3, 0.4) is 0 Å². The minimum Gasteiger partial charge on any atom is -0.376 e. The Bertz CT molecular complexity index is 292. The zero-order valence-electron chi connectivity index (χ0n) is 7.22. The molecule has 0 saturated heterocycles. The summed E-state index contributed by atoms with van der Waals surface area (Å²) < 4.78 is 0. The fourth-order valence-corrected chi connectivity index (χ4v) is 1.09. The first-order valence-electron chi connectivity index (χ1n) is 4.11. The quantitative estimate of drug-likeness (QED) is 0.656. The van der Waals surface area contributed by atoms with Crippen LogP contribution in [0.4, 0.5) is 0 Å². The van der Waals surface area contributed by atoms with Crippen LogP contribution in [-0.4, -0.2) is 17.3 Å². The molecule has 0 amide bonds. The average molecular weight is 176 g/mol. The standard InChI is InChI=1S/C10H12N2O/c11-7-10(13)9(12)6-8-4-2-1-3-5-8/h1-5,9-10,13H,6,12H2. The lowest BCUT2D eigenvalue weighted by molar-refractivity contribution is 0.197. The largest absolute Gasteiger partial charge is 0.376 e. The molecule has 3 N–H and O–H groups in total. The average Bonchev–Trinajstić information content (AvgIpc) is 2.18. The first kappa shape index (κ1) is 9.72. The van der Waals surface area contributed by atoms with Crippen LogP contribution in [0.15, 0.2) is 30.3 Å². The molecule has 2 unspecified atom stereocenters. The highest BCUT2D eigenvalue weighted by Gasteiger charge is 2.13. The fraction of sp³-hybridized carbons (Fsp3) is 0.300. The van der Waals surface area contributed by atoms with Crippen LogP contribution in [0.5, 0.6) is 0 Å². The summed E-state index contributed by atoms with van der Waals surface area (Å²) in [6, 6.07) is 10.8. The van der Waals surface area contributed by atoms with E-state index in [1.807, 2.05) is 30.3 Å². The predicted molar refractivity (Wildman–Crippen MR) is 49.7 cm³/mol. The van der Waals surface area contributed by atoms with Gasteiger partial charge in [-0.2, -0.15) is 5.26 Å². The number of hydrogen-bond acceptors (Lipinski definition) is 3. The van der Waals surface area contributed by atoms with Crippen molar-refractivity contribution in [1.82, 2.24) is 0 Å². The molecular formula is C10H12N2O. The molecule has 0 aliphatic heterocycles. The normalized spacial score (nSPS) is 14.5. The summed E-state index contributed by atoms with van der Waals surface area (Å²) in [5, 5.41) is 17.5. The number of nitriles is 1. The Labute approximate surface area is 77.4 Å². The van der Waals surface area contributed by atoms with Gasteiger partial charge in [-0.3, -0.25) is 0 Å². The maximum atomic E-state index is 9.10. The summed E-state index contributed by atoms with van der Waals surface area (Å²) in [6.45, 7) is 0. The molecule has 0 saturated carbocycles. The molecule has 0 fully saturated rings. The Kier molecular flexibility index (Phi) is 3.44.